The Bertz CT molecular complexity index is 435. The molecule has 0 amide bonds. The van der Waals surface area contributed by atoms with Gasteiger partial charge in [-0.1, -0.05) is 83.6 Å². The molecule has 144 valence electrons. The van der Waals surface area contributed by atoms with Crippen molar-refractivity contribution >= 4 is 0 Å². The molecule has 0 radical (unpaired) electrons. The Balaban J connectivity index is 4.98. The molecule has 0 aliphatic carbocycles. The standard InChI is InChI=1S/C25H44/c1-10-13-14-15-21(8)17-23(11-2)18-24(12-3)25(16-19(4)5)22(9)20(6)7/h10,13,19,23-25H,6,8-9,11-12,14-18H2,1-5,7H3/b13-10+. The molecule has 0 nitrogen and oxygen atoms in total. The molecule has 0 aromatic carbocycles. The van der Waals surface area contributed by atoms with Crippen LogP contribution in [0.25, 0.3) is 0 Å². The molecule has 0 saturated carbocycles. The smallest absolute Gasteiger partial charge is 0.0135 e. The van der Waals surface area contributed by atoms with Crippen LogP contribution in [0.4, 0.5) is 0 Å². The Morgan fingerprint density at radius 1 is 1.00 bits per heavy atom. The minimum Gasteiger partial charge on any atom is -0.0998 e. The molecule has 0 N–H and O–H groups in total. The summed E-state index contributed by atoms with van der Waals surface area (Å²) in [5.41, 5.74) is 3.86. The van der Waals surface area contributed by atoms with E-state index in [0.29, 0.717) is 17.8 Å². The highest BCUT2D eigenvalue weighted by Gasteiger charge is 2.26. The number of allylic oxidation sites excluding steroid dienone is 5. The second-order valence-electron chi connectivity index (χ2n) is 8.28. The third-order valence-electron chi connectivity index (χ3n) is 5.51. The second-order valence-corrected chi connectivity index (χ2v) is 8.28. The third kappa shape index (κ3) is 9.88. The summed E-state index contributed by atoms with van der Waals surface area (Å²) in [5.74, 6) is 2.73. The van der Waals surface area contributed by atoms with Crippen LogP contribution < -0.4 is 0 Å². The van der Waals surface area contributed by atoms with Crippen LogP contribution in [0, 0.1) is 23.7 Å². The van der Waals surface area contributed by atoms with Gasteiger partial charge in [0, 0.05) is 0 Å². The zero-order chi connectivity index (χ0) is 19.4. The molecule has 0 aromatic rings. The maximum atomic E-state index is 4.40. The van der Waals surface area contributed by atoms with Crippen molar-refractivity contribution in [1.82, 2.24) is 0 Å². The number of hydrogen-bond acceptors (Lipinski definition) is 0. The number of hydrogen-bond donors (Lipinski definition) is 0. The Morgan fingerprint density at radius 3 is 2.08 bits per heavy atom. The first-order valence-corrected chi connectivity index (χ1v) is 10.4. The minimum atomic E-state index is 0.577. The van der Waals surface area contributed by atoms with Gasteiger partial charge in [-0.15, -0.1) is 0 Å². The largest absolute Gasteiger partial charge is 0.0998 e. The average molecular weight is 345 g/mol. The van der Waals surface area contributed by atoms with Gasteiger partial charge in [0.25, 0.3) is 0 Å². The van der Waals surface area contributed by atoms with Crippen molar-refractivity contribution < 1.29 is 0 Å². The molecular formula is C25H44. The molecule has 3 unspecified atom stereocenters. The van der Waals surface area contributed by atoms with Crippen molar-refractivity contribution in [2.24, 2.45) is 23.7 Å². The highest BCUT2D eigenvalue weighted by molar-refractivity contribution is 5.26. The van der Waals surface area contributed by atoms with Gasteiger partial charge in [0.05, 0.1) is 0 Å². The third-order valence-corrected chi connectivity index (χ3v) is 5.51. The summed E-state index contributed by atoms with van der Waals surface area (Å²) < 4.78 is 0. The lowest BCUT2D eigenvalue weighted by molar-refractivity contribution is 0.253. The summed E-state index contributed by atoms with van der Waals surface area (Å²) in [4.78, 5) is 0. The normalized spacial score (nSPS) is 15.3. The molecule has 3 atom stereocenters. The van der Waals surface area contributed by atoms with E-state index in [4.69, 9.17) is 0 Å². The molecule has 0 aliphatic rings. The Hall–Kier alpha value is -1.04. The molecular weight excluding hydrogens is 300 g/mol. The van der Waals surface area contributed by atoms with Gasteiger partial charge in [0.15, 0.2) is 0 Å². The van der Waals surface area contributed by atoms with Gasteiger partial charge < -0.3 is 0 Å². The molecule has 0 spiro atoms. The van der Waals surface area contributed by atoms with Crippen LogP contribution in [0.3, 0.4) is 0 Å². The lowest BCUT2D eigenvalue weighted by atomic mass is 9.72. The van der Waals surface area contributed by atoms with Crippen LogP contribution in [0.2, 0.25) is 0 Å². The molecule has 0 aromatic heterocycles. The first-order valence-electron chi connectivity index (χ1n) is 10.4. The monoisotopic (exact) mass is 344 g/mol. The quantitative estimate of drug-likeness (QED) is 0.219. The predicted molar refractivity (Wildman–Crippen MR) is 117 cm³/mol. The lowest BCUT2D eigenvalue weighted by Gasteiger charge is -2.33. The predicted octanol–water partition coefficient (Wildman–Crippen LogP) is 8.53. The summed E-state index contributed by atoms with van der Waals surface area (Å²) in [7, 11) is 0. The van der Waals surface area contributed by atoms with Gasteiger partial charge in [-0.3, -0.25) is 0 Å². The van der Waals surface area contributed by atoms with E-state index >= 15 is 0 Å². The molecule has 0 heterocycles. The molecule has 0 heteroatoms. The molecule has 0 saturated heterocycles. The lowest BCUT2D eigenvalue weighted by Crippen LogP contribution is -2.22. The van der Waals surface area contributed by atoms with Crippen molar-refractivity contribution in [3.63, 3.8) is 0 Å². The van der Waals surface area contributed by atoms with E-state index in [9.17, 15) is 0 Å². The first kappa shape index (κ1) is 24.0. The summed E-state index contributed by atoms with van der Waals surface area (Å²) in [6, 6.07) is 0. The van der Waals surface area contributed by atoms with E-state index in [0.717, 1.165) is 24.3 Å². The van der Waals surface area contributed by atoms with Crippen molar-refractivity contribution in [1.29, 1.82) is 0 Å². The van der Waals surface area contributed by atoms with Crippen LogP contribution in [0.1, 0.15) is 86.5 Å². The zero-order valence-corrected chi connectivity index (χ0v) is 18.0. The fourth-order valence-corrected chi connectivity index (χ4v) is 3.85. The fraction of sp³-hybridized carbons (Fsp3) is 0.680. The average Bonchev–Trinajstić information content (AvgIpc) is 2.55. The van der Waals surface area contributed by atoms with E-state index in [1.807, 2.05) is 0 Å². The van der Waals surface area contributed by atoms with Crippen molar-refractivity contribution in [3.8, 4) is 0 Å². The summed E-state index contributed by atoms with van der Waals surface area (Å²) in [6.07, 6.45) is 12.8. The van der Waals surface area contributed by atoms with Crippen LogP contribution in [0.15, 0.2) is 48.6 Å². The highest BCUT2D eigenvalue weighted by atomic mass is 14.3. The molecule has 25 heavy (non-hydrogen) atoms. The van der Waals surface area contributed by atoms with Gasteiger partial charge >= 0.3 is 0 Å². The Morgan fingerprint density at radius 2 is 1.64 bits per heavy atom. The van der Waals surface area contributed by atoms with Crippen LogP contribution in [-0.2, 0) is 0 Å². The van der Waals surface area contributed by atoms with Crippen LogP contribution in [0.5, 0.6) is 0 Å². The van der Waals surface area contributed by atoms with Crippen LogP contribution >= 0.6 is 0 Å². The zero-order valence-electron chi connectivity index (χ0n) is 18.0. The SMILES string of the molecule is C=C(CC/C=C/C)CC(CC)CC(CC)C(CC(C)C)C(=C)C(=C)C. The Kier molecular flexibility index (Phi) is 12.7. The van der Waals surface area contributed by atoms with E-state index in [2.05, 4.69) is 73.4 Å². The molecule has 0 bridgehead atoms. The van der Waals surface area contributed by atoms with Gasteiger partial charge in [-0.05, 0) is 75.2 Å². The first-order chi connectivity index (χ1) is 11.8. The van der Waals surface area contributed by atoms with Gasteiger partial charge in [0.1, 0.15) is 0 Å². The van der Waals surface area contributed by atoms with Crippen LogP contribution in [-0.4, -0.2) is 0 Å². The summed E-state index contributed by atoms with van der Waals surface area (Å²) in [6.45, 7) is 26.4. The summed E-state index contributed by atoms with van der Waals surface area (Å²) in [5, 5.41) is 0. The maximum Gasteiger partial charge on any atom is -0.0135 e. The molecule has 0 rings (SSSR count). The summed E-state index contributed by atoms with van der Waals surface area (Å²) >= 11 is 0. The van der Waals surface area contributed by atoms with E-state index < -0.39 is 0 Å². The fourth-order valence-electron chi connectivity index (χ4n) is 3.85. The number of rotatable bonds is 14. The molecule has 0 fully saturated rings. The van der Waals surface area contributed by atoms with Gasteiger partial charge in [0.2, 0.25) is 0 Å². The van der Waals surface area contributed by atoms with Crippen molar-refractivity contribution in [2.45, 2.75) is 86.5 Å². The maximum absolute atomic E-state index is 4.40. The molecule has 0 aliphatic heterocycles. The van der Waals surface area contributed by atoms with Gasteiger partial charge in [-0.2, -0.15) is 0 Å². The van der Waals surface area contributed by atoms with E-state index in [-0.39, 0.29) is 0 Å². The minimum absolute atomic E-state index is 0.577. The van der Waals surface area contributed by atoms with E-state index in [1.165, 1.54) is 43.3 Å². The van der Waals surface area contributed by atoms with Crippen molar-refractivity contribution in [2.75, 3.05) is 0 Å². The topological polar surface area (TPSA) is 0 Å². The second kappa shape index (κ2) is 13.2. The van der Waals surface area contributed by atoms with Gasteiger partial charge in [-0.25, -0.2) is 0 Å². The van der Waals surface area contributed by atoms with E-state index in [1.54, 1.807) is 0 Å². The highest BCUT2D eigenvalue weighted by Crippen LogP contribution is 2.38. The van der Waals surface area contributed by atoms with Crippen molar-refractivity contribution in [3.05, 3.63) is 48.6 Å². The Labute approximate surface area is 159 Å².